The average molecular weight is 574 g/mol. The van der Waals surface area contributed by atoms with Crippen molar-refractivity contribution in [3.63, 3.8) is 0 Å². The fourth-order valence-electron chi connectivity index (χ4n) is 5.72. The Kier molecular flexibility index (Phi) is 8.77. The van der Waals surface area contributed by atoms with Gasteiger partial charge in [0.25, 0.3) is 5.91 Å². The number of likely N-dealkylation sites (tertiary alicyclic amines) is 1. The zero-order valence-electron chi connectivity index (χ0n) is 24.5. The number of nitrogens with zero attached hydrogens (tertiary/aromatic N) is 5. The molecule has 2 aromatic carbocycles. The number of benzene rings is 2. The first kappa shape index (κ1) is 29.1. The highest BCUT2D eigenvalue weighted by Crippen LogP contribution is 2.42. The standard InChI is InChI=1S/C31H39N7O4/c1-21-13-14-37(31(40)36-15-17-42-18-16-36)20-25(21)26-27(41-3)29(38(34-26)30(39)24-7-5-4-6-8-24)35(2)19-22-9-11-23(12-10-22)28(32)33/h4-12,21,25H,13-20H2,1-3H3,(H3,32,33). The molecule has 3 aromatic rings. The van der Waals surface area contributed by atoms with E-state index in [2.05, 4.69) is 6.92 Å². The van der Waals surface area contributed by atoms with E-state index in [4.69, 9.17) is 25.7 Å². The fraction of sp³-hybridized carbons (Fsp3) is 0.419. The van der Waals surface area contributed by atoms with E-state index < -0.39 is 0 Å². The van der Waals surface area contributed by atoms with Crippen molar-refractivity contribution < 1.29 is 19.1 Å². The molecule has 0 radical (unpaired) electrons. The van der Waals surface area contributed by atoms with Crippen molar-refractivity contribution in [2.45, 2.75) is 25.8 Å². The molecule has 2 fully saturated rings. The second kappa shape index (κ2) is 12.6. The van der Waals surface area contributed by atoms with Crippen molar-refractivity contribution in [3.8, 4) is 5.75 Å². The van der Waals surface area contributed by atoms with Crippen LogP contribution in [0.25, 0.3) is 0 Å². The van der Waals surface area contributed by atoms with E-state index in [9.17, 15) is 9.59 Å². The van der Waals surface area contributed by atoms with Gasteiger partial charge in [-0.15, -0.1) is 0 Å². The zero-order chi connectivity index (χ0) is 29.8. The average Bonchev–Trinajstić information content (AvgIpc) is 3.41. The number of methoxy groups -OCH3 is 1. The lowest BCUT2D eigenvalue weighted by atomic mass is 9.84. The maximum absolute atomic E-state index is 13.9. The molecule has 2 aliphatic heterocycles. The Morgan fingerprint density at radius 1 is 1.05 bits per heavy atom. The molecule has 0 saturated carbocycles. The molecule has 3 N–H and O–H groups in total. The Morgan fingerprint density at radius 2 is 1.74 bits per heavy atom. The number of amides is 2. The summed E-state index contributed by atoms with van der Waals surface area (Å²) in [5.74, 6) is 0.917. The number of aromatic nitrogens is 2. The number of nitrogens with one attached hydrogen (secondary N) is 1. The monoisotopic (exact) mass is 573 g/mol. The number of piperidine rings is 1. The van der Waals surface area contributed by atoms with Crippen molar-refractivity contribution in [3.05, 3.63) is 77.0 Å². The second-order valence-electron chi connectivity index (χ2n) is 11.0. The number of nitrogens with two attached hydrogens (primary N) is 1. The first-order valence-corrected chi connectivity index (χ1v) is 14.3. The van der Waals surface area contributed by atoms with E-state index in [1.165, 1.54) is 4.68 Å². The number of ether oxygens (including phenoxy) is 2. The summed E-state index contributed by atoms with van der Waals surface area (Å²) in [4.78, 5) is 32.9. The van der Waals surface area contributed by atoms with Crippen molar-refractivity contribution in [2.75, 3.05) is 58.5 Å². The molecule has 5 rings (SSSR count). The molecule has 2 atom stereocenters. The van der Waals surface area contributed by atoms with Crippen LogP contribution < -0.4 is 15.4 Å². The van der Waals surface area contributed by atoms with Crippen molar-refractivity contribution in [1.29, 1.82) is 5.41 Å². The number of carbonyl (C=O) groups excluding carboxylic acids is 2. The largest absolute Gasteiger partial charge is 0.491 e. The second-order valence-corrected chi connectivity index (χ2v) is 11.0. The van der Waals surface area contributed by atoms with Crippen LogP contribution in [0.5, 0.6) is 5.75 Å². The topological polar surface area (TPSA) is 130 Å². The number of anilines is 1. The van der Waals surface area contributed by atoms with Gasteiger partial charge in [-0.2, -0.15) is 9.78 Å². The lowest BCUT2D eigenvalue weighted by Crippen LogP contribution is -2.51. The lowest BCUT2D eigenvalue weighted by Gasteiger charge is -2.40. The molecule has 0 bridgehead atoms. The number of urea groups is 1. The summed E-state index contributed by atoms with van der Waals surface area (Å²) in [6.45, 7) is 6.05. The van der Waals surface area contributed by atoms with Crippen LogP contribution >= 0.6 is 0 Å². The molecule has 11 nitrogen and oxygen atoms in total. The van der Waals surface area contributed by atoms with Gasteiger partial charge in [-0.25, -0.2) is 4.79 Å². The molecule has 0 spiro atoms. The molecule has 2 saturated heterocycles. The first-order valence-electron chi connectivity index (χ1n) is 14.3. The number of amidine groups is 1. The Hall–Kier alpha value is -4.38. The van der Waals surface area contributed by atoms with Crippen molar-refractivity contribution >= 4 is 23.6 Å². The van der Waals surface area contributed by atoms with Crippen LogP contribution in [-0.2, 0) is 11.3 Å². The normalized spacial score (nSPS) is 18.9. The van der Waals surface area contributed by atoms with Gasteiger partial charge in [0.1, 0.15) is 11.5 Å². The molecule has 0 aliphatic carbocycles. The SMILES string of the molecule is COc1c(C2CN(C(=O)N3CCOCC3)CCC2C)nn(C(=O)c2ccccc2)c1N(C)Cc1ccc(C(=N)N)cc1. The third kappa shape index (κ3) is 5.96. The minimum atomic E-state index is -0.265. The highest BCUT2D eigenvalue weighted by atomic mass is 16.5. The zero-order valence-corrected chi connectivity index (χ0v) is 24.5. The summed E-state index contributed by atoms with van der Waals surface area (Å²) < 4.78 is 12.9. The Morgan fingerprint density at radius 3 is 2.38 bits per heavy atom. The summed E-state index contributed by atoms with van der Waals surface area (Å²) in [5.41, 5.74) is 8.43. The molecule has 1 aromatic heterocycles. The number of rotatable bonds is 7. The van der Waals surface area contributed by atoms with E-state index in [1.54, 1.807) is 19.2 Å². The quantitative estimate of drug-likeness (QED) is 0.327. The summed E-state index contributed by atoms with van der Waals surface area (Å²) in [5, 5.41) is 12.6. The van der Waals surface area contributed by atoms with Gasteiger partial charge >= 0.3 is 6.03 Å². The van der Waals surface area contributed by atoms with Gasteiger partial charge in [0.2, 0.25) is 0 Å². The lowest BCUT2D eigenvalue weighted by molar-refractivity contribution is 0.0388. The molecule has 42 heavy (non-hydrogen) atoms. The highest BCUT2D eigenvalue weighted by molar-refractivity contribution is 5.98. The minimum absolute atomic E-state index is 0.00972. The van der Waals surface area contributed by atoms with Crippen LogP contribution in [0.4, 0.5) is 10.6 Å². The third-order valence-corrected chi connectivity index (χ3v) is 8.17. The van der Waals surface area contributed by atoms with Crippen molar-refractivity contribution in [2.24, 2.45) is 11.7 Å². The van der Waals surface area contributed by atoms with E-state index in [0.29, 0.717) is 74.3 Å². The van der Waals surface area contributed by atoms with Gasteiger partial charge in [-0.05, 0) is 30.0 Å². The molecular formula is C31H39N7O4. The molecule has 222 valence electrons. The van der Waals surface area contributed by atoms with Gasteiger partial charge in [0, 0.05) is 56.8 Å². The number of hydrogen-bond acceptors (Lipinski definition) is 7. The van der Waals surface area contributed by atoms with Gasteiger partial charge in [-0.1, -0.05) is 49.4 Å². The van der Waals surface area contributed by atoms with Crippen LogP contribution in [0.2, 0.25) is 0 Å². The Bertz CT molecular complexity index is 1420. The highest BCUT2D eigenvalue weighted by Gasteiger charge is 2.38. The van der Waals surface area contributed by atoms with Crippen molar-refractivity contribution in [1.82, 2.24) is 19.6 Å². The first-order chi connectivity index (χ1) is 20.3. The Labute approximate surface area is 246 Å². The molecule has 3 heterocycles. The van der Waals surface area contributed by atoms with Gasteiger partial charge in [0.05, 0.1) is 20.3 Å². The van der Waals surface area contributed by atoms with Gasteiger partial charge in [0.15, 0.2) is 11.6 Å². The summed E-state index contributed by atoms with van der Waals surface area (Å²) in [7, 11) is 3.50. The predicted octanol–water partition coefficient (Wildman–Crippen LogP) is 3.38. The molecule has 2 aliphatic rings. The van der Waals surface area contributed by atoms with E-state index in [1.807, 2.05) is 64.2 Å². The van der Waals surface area contributed by atoms with Crippen LogP contribution in [0.15, 0.2) is 54.6 Å². The molecular weight excluding hydrogens is 534 g/mol. The van der Waals surface area contributed by atoms with Crippen LogP contribution in [0.1, 0.15) is 46.4 Å². The van der Waals surface area contributed by atoms with E-state index in [-0.39, 0.29) is 29.6 Å². The number of carbonyl (C=O) groups is 2. The number of nitrogen functional groups attached to an aromatic ring is 1. The van der Waals surface area contributed by atoms with Gasteiger partial charge in [-0.3, -0.25) is 10.2 Å². The molecule has 2 unspecified atom stereocenters. The summed E-state index contributed by atoms with van der Waals surface area (Å²) in [6, 6.07) is 16.5. The minimum Gasteiger partial charge on any atom is -0.491 e. The maximum Gasteiger partial charge on any atom is 0.320 e. The third-order valence-electron chi connectivity index (χ3n) is 8.17. The van der Waals surface area contributed by atoms with Gasteiger partial charge < -0.3 is 29.9 Å². The van der Waals surface area contributed by atoms with E-state index in [0.717, 1.165) is 12.0 Å². The van der Waals surface area contributed by atoms with Crippen LogP contribution in [0, 0.1) is 11.3 Å². The molecule has 11 heteroatoms. The molecule has 2 amide bonds. The van der Waals surface area contributed by atoms with E-state index >= 15 is 0 Å². The summed E-state index contributed by atoms with van der Waals surface area (Å²) in [6.07, 6.45) is 0.817. The van der Waals surface area contributed by atoms with Crippen LogP contribution in [-0.4, -0.2) is 90.9 Å². The predicted molar refractivity (Wildman–Crippen MR) is 160 cm³/mol. The fourth-order valence-corrected chi connectivity index (χ4v) is 5.72. The summed E-state index contributed by atoms with van der Waals surface area (Å²) >= 11 is 0. The van der Waals surface area contributed by atoms with Crippen LogP contribution in [0.3, 0.4) is 0 Å². The number of morpholine rings is 1. The Balaban J connectivity index is 1.51. The maximum atomic E-state index is 13.9. The number of hydrogen-bond donors (Lipinski definition) is 2. The smallest absolute Gasteiger partial charge is 0.320 e.